The lowest BCUT2D eigenvalue weighted by Crippen LogP contribution is -2.14. The van der Waals surface area contributed by atoms with Crippen LogP contribution in [0, 0.1) is 13.8 Å². The molecule has 8 heteroatoms. The van der Waals surface area contributed by atoms with Crippen LogP contribution in [0.2, 0.25) is 0 Å². The molecular formula is C21H21N5O2S. The van der Waals surface area contributed by atoms with Gasteiger partial charge in [0.1, 0.15) is 12.3 Å². The van der Waals surface area contributed by atoms with Gasteiger partial charge < -0.3 is 9.30 Å². The molecule has 7 nitrogen and oxygen atoms in total. The number of thiophene rings is 1. The first-order valence-corrected chi connectivity index (χ1v) is 10.1. The summed E-state index contributed by atoms with van der Waals surface area (Å²) in [5.41, 5.74) is 3.49. The van der Waals surface area contributed by atoms with E-state index in [1.807, 2.05) is 50.2 Å². The second-order valence-corrected chi connectivity index (χ2v) is 7.78. The van der Waals surface area contributed by atoms with E-state index in [9.17, 15) is 4.79 Å². The Bertz CT molecular complexity index is 1140. The van der Waals surface area contributed by atoms with Crippen LogP contribution in [0.4, 0.5) is 0 Å². The Morgan fingerprint density at radius 1 is 1.17 bits per heavy atom. The number of hydrogen-bond donors (Lipinski definition) is 0. The first-order valence-electron chi connectivity index (χ1n) is 9.19. The summed E-state index contributed by atoms with van der Waals surface area (Å²) in [6, 6.07) is 13.5. The lowest BCUT2D eigenvalue weighted by Gasteiger charge is -2.08. The van der Waals surface area contributed by atoms with Crippen LogP contribution in [0.25, 0.3) is 11.4 Å². The lowest BCUT2D eigenvalue weighted by molar-refractivity contribution is 0.0960. The average Bonchev–Trinajstić information content (AvgIpc) is 3.46. The third-order valence-electron chi connectivity index (χ3n) is 4.83. The molecule has 0 aliphatic rings. The van der Waals surface area contributed by atoms with Crippen LogP contribution < -0.4 is 4.74 Å². The molecule has 4 rings (SSSR count). The minimum atomic E-state index is -0.0369. The average molecular weight is 407 g/mol. The van der Waals surface area contributed by atoms with Gasteiger partial charge in [0.15, 0.2) is 5.78 Å². The largest absolute Gasteiger partial charge is 0.497 e. The lowest BCUT2D eigenvalue weighted by atomic mass is 10.1. The zero-order chi connectivity index (χ0) is 20.4. The third-order valence-corrected chi connectivity index (χ3v) is 5.70. The standard InChI is InChI=1S/C21H21N5O2S/c1-14-10-19(15(2)25(14)12-18-8-5-9-29-18)20(27)13-26-23-21(22-24-26)16-6-4-7-17(11-16)28-3/h4-11H,12-13H2,1-3H3. The number of methoxy groups -OCH3 is 1. The number of Topliss-reactive ketones (excluding diaryl/α,β-unsaturated/α-hetero) is 1. The Hall–Kier alpha value is -3.26. The molecule has 0 aliphatic heterocycles. The molecule has 0 saturated carbocycles. The van der Waals surface area contributed by atoms with E-state index < -0.39 is 0 Å². The molecule has 1 aromatic carbocycles. The highest BCUT2D eigenvalue weighted by molar-refractivity contribution is 7.09. The fourth-order valence-electron chi connectivity index (χ4n) is 3.29. The molecule has 3 aromatic heterocycles. The fraction of sp³-hybridized carbons (Fsp3) is 0.238. The van der Waals surface area contributed by atoms with Gasteiger partial charge in [0.05, 0.1) is 13.7 Å². The van der Waals surface area contributed by atoms with Crippen LogP contribution in [-0.4, -0.2) is 37.7 Å². The Kier molecular flexibility index (Phi) is 5.26. The number of nitrogens with zero attached hydrogens (tertiary/aromatic N) is 5. The van der Waals surface area contributed by atoms with Crippen molar-refractivity contribution in [2.45, 2.75) is 26.9 Å². The zero-order valence-corrected chi connectivity index (χ0v) is 17.3. The van der Waals surface area contributed by atoms with Crippen LogP contribution in [0.1, 0.15) is 26.6 Å². The van der Waals surface area contributed by atoms with Gasteiger partial charge in [0.25, 0.3) is 0 Å². The second-order valence-electron chi connectivity index (χ2n) is 6.75. The second kappa shape index (κ2) is 8.00. The number of aryl methyl sites for hydroxylation is 1. The van der Waals surface area contributed by atoms with E-state index >= 15 is 0 Å². The first-order chi connectivity index (χ1) is 14.0. The van der Waals surface area contributed by atoms with Crippen LogP contribution in [-0.2, 0) is 13.1 Å². The highest BCUT2D eigenvalue weighted by Gasteiger charge is 2.18. The van der Waals surface area contributed by atoms with Crippen LogP contribution >= 0.6 is 11.3 Å². The zero-order valence-electron chi connectivity index (χ0n) is 16.5. The molecule has 0 atom stereocenters. The van der Waals surface area contributed by atoms with Gasteiger partial charge >= 0.3 is 0 Å². The van der Waals surface area contributed by atoms with E-state index in [1.165, 1.54) is 9.67 Å². The number of aromatic nitrogens is 5. The maximum Gasteiger partial charge on any atom is 0.205 e. The summed E-state index contributed by atoms with van der Waals surface area (Å²) < 4.78 is 7.39. The van der Waals surface area contributed by atoms with E-state index in [0.717, 1.165) is 23.5 Å². The van der Waals surface area contributed by atoms with Crippen LogP contribution in [0.3, 0.4) is 0 Å². The molecule has 148 valence electrons. The molecule has 0 bridgehead atoms. The summed E-state index contributed by atoms with van der Waals surface area (Å²) in [7, 11) is 1.61. The summed E-state index contributed by atoms with van der Waals surface area (Å²) in [6.45, 7) is 4.81. The van der Waals surface area contributed by atoms with Gasteiger partial charge in [0, 0.05) is 27.4 Å². The normalized spacial score (nSPS) is 11.0. The SMILES string of the molecule is COc1cccc(-c2nnn(CC(=O)c3cc(C)n(Cc4cccs4)c3C)n2)c1. The van der Waals surface area contributed by atoms with E-state index in [0.29, 0.717) is 17.1 Å². The van der Waals surface area contributed by atoms with Crippen LogP contribution in [0.15, 0.2) is 47.8 Å². The Labute approximate surface area is 172 Å². The monoisotopic (exact) mass is 407 g/mol. The van der Waals surface area contributed by atoms with Gasteiger partial charge in [-0.05, 0) is 48.7 Å². The van der Waals surface area contributed by atoms with Gasteiger partial charge in [-0.3, -0.25) is 4.79 Å². The summed E-state index contributed by atoms with van der Waals surface area (Å²) in [5.74, 6) is 1.14. The number of carbonyl (C=O) groups excluding carboxylic acids is 1. The van der Waals surface area contributed by atoms with Crippen LogP contribution in [0.5, 0.6) is 5.75 Å². The van der Waals surface area contributed by atoms with Gasteiger partial charge in [-0.25, -0.2) is 0 Å². The molecule has 3 heterocycles. The molecule has 0 fully saturated rings. The van der Waals surface area contributed by atoms with Gasteiger partial charge in [0.2, 0.25) is 5.82 Å². The van der Waals surface area contributed by atoms with Gasteiger partial charge in [-0.2, -0.15) is 4.80 Å². The maximum atomic E-state index is 12.9. The van der Waals surface area contributed by atoms with E-state index in [4.69, 9.17) is 4.74 Å². The third kappa shape index (κ3) is 3.97. The molecule has 0 spiro atoms. The Balaban J connectivity index is 1.52. The molecule has 0 unspecified atom stereocenters. The maximum absolute atomic E-state index is 12.9. The molecule has 0 aliphatic carbocycles. The van der Waals surface area contributed by atoms with Crippen molar-refractivity contribution in [3.8, 4) is 17.1 Å². The topological polar surface area (TPSA) is 74.8 Å². The minimum absolute atomic E-state index is 0.0369. The van der Waals surface area contributed by atoms with Gasteiger partial charge in [-0.15, -0.1) is 21.5 Å². The van der Waals surface area contributed by atoms with Crippen molar-refractivity contribution in [3.63, 3.8) is 0 Å². The summed E-state index contributed by atoms with van der Waals surface area (Å²) in [6.07, 6.45) is 0. The Morgan fingerprint density at radius 3 is 2.79 bits per heavy atom. The molecule has 0 amide bonds. The number of carbonyl (C=O) groups is 1. The number of ether oxygens (including phenoxy) is 1. The van der Waals surface area contributed by atoms with Crippen molar-refractivity contribution in [2.75, 3.05) is 7.11 Å². The first kappa shape index (κ1) is 19.1. The smallest absolute Gasteiger partial charge is 0.205 e. The van der Waals surface area contributed by atoms with Crippen molar-refractivity contribution in [1.29, 1.82) is 0 Å². The van der Waals surface area contributed by atoms with Crippen molar-refractivity contribution >= 4 is 17.1 Å². The highest BCUT2D eigenvalue weighted by Crippen LogP contribution is 2.21. The molecule has 0 radical (unpaired) electrons. The highest BCUT2D eigenvalue weighted by atomic mass is 32.1. The van der Waals surface area contributed by atoms with Crippen molar-refractivity contribution in [2.24, 2.45) is 0 Å². The predicted molar refractivity (Wildman–Crippen MR) is 111 cm³/mol. The van der Waals surface area contributed by atoms with E-state index in [-0.39, 0.29) is 12.3 Å². The molecule has 0 saturated heterocycles. The predicted octanol–water partition coefficient (Wildman–Crippen LogP) is 3.76. The number of hydrogen-bond acceptors (Lipinski definition) is 6. The number of ketones is 1. The molecule has 29 heavy (non-hydrogen) atoms. The van der Waals surface area contributed by atoms with E-state index in [1.54, 1.807) is 18.4 Å². The quantitative estimate of drug-likeness (QED) is 0.436. The molecular weight excluding hydrogens is 386 g/mol. The fourth-order valence-corrected chi connectivity index (χ4v) is 3.98. The van der Waals surface area contributed by atoms with E-state index in [2.05, 4.69) is 31.4 Å². The molecule has 4 aromatic rings. The number of benzene rings is 1. The number of rotatable bonds is 7. The summed E-state index contributed by atoms with van der Waals surface area (Å²) in [5, 5.41) is 14.5. The van der Waals surface area contributed by atoms with Crippen molar-refractivity contribution in [1.82, 2.24) is 24.8 Å². The summed E-state index contributed by atoms with van der Waals surface area (Å²) in [4.78, 5) is 15.5. The van der Waals surface area contributed by atoms with Gasteiger partial charge in [-0.1, -0.05) is 18.2 Å². The summed E-state index contributed by atoms with van der Waals surface area (Å²) >= 11 is 1.71. The molecule has 0 N–H and O–H groups in total. The van der Waals surface area contributed by atoms with Crippen molar-refractivity contribution < 1.29 is 9.53 Å². The number of tetrazole rings is 1. The minimum Gasteiger partial charge on any atom is -0.497 e. The Morgan fingerprint density at radius 2 is 2.03 bits per heavy atom. The van der Waals surface area contributed by atoms with Crippen molar-refractivity contribution in [3.05, 3.63) is 69.7 Å².